The molecular formula is C7H11N. The van der Waals surface area contributed by atoms with Gasteiger partial charge < -0.3 is 4.90 Å². The van der Waals surface area contributed by atoms with Crippen molar-refractivity contribution in [3.05, 3.63) is 11.8 Å². The molecule has 2 aliphatic rings. The molecule has 2 rings (SSSR count). The molecule has 0 fully saturated rings. The van der Waals surface area contributed by atoms with Crippen molar-refractivity contribution in [3.63, 3.8) is 0 Å². The van der Waals surface area contributed by atoms with Gasteiger partial charge in [-0.05, 0) is 18.8 Å². The monoisotopic (exact) mass is 109 g/mol. The number of hydrogen-bond acceptors (Lipinski definition) is 1. The highest BCUT2D eigenvalue weighted by atomic mass is 15.1. The third kappa shape index (κ3) is 0.417. The van der Waals surface area contributed by atoms with Crippen LogP contribution >= 0.6 is 0 Å². The molecule has 1 aliphatic carbocycles. The maximum atomic E-state index is 2.42. The lowest BCUT2D eigenvalue weighted by atomic mass is 10.1. The quantitative estimate of drug-likeness (QED) is 0.452. The lowest BCUT2D eigenvalue weighted by molar-refractivity contribution is 0.347. The largest absolute Gasteiger partial charge is 0.378 e. The third-order valence-electron chi connectivity index (χ3n) is 2.20. The van der Waals surface area contributed by atoms with Gasteiger partial charge in [0.2, 0.25) is 0 Å². The zero-order valence-corrected chi connectivity index (χ0v) is 5.22. The summed E-state index contributed by atoms with van der Waals surface area (Å²) in [5, 5.41) is 0. The predicted octanol–water partition coefficient (Wildman–Crippen LogP) is 1.23. The molecule has 44 valence electrons. The number of allylic oxidation sites excluding steroid dienone is 1. The number of hydrogen-bond donors (Lipinski definition) is 0. The van der Waals surface area contributed by atoms with Gasteiger partial charge in [-0.2, -0.15) is 0 Å². The Hall–Kier alpha value is -0.460. The van der Waals surface area contributed by atoms with Gasteiger partial charge in [-0.25, -0.2) is 0 Å². The first-order valence-electron chi connectivity index (χ1n) is 3.28. The van der Waals surface area contributed by atoms with Crippen molar-refractivity contribution >= 4 is 0 Å². The average molecular weight is 109 g/mol. The van der Waals surface area contributed by atoms with Crippen molar-refractivity contribution in [1.29, 1.82) is 0 Å². The molecule has 0 spiro atoms. The number of nitrogens with zero attached hydrogens (tertiary/aromatic N) is 1. The van der Waals surface area contributed by atoms with Gasteiger partial charge in [0.25, 0.3) is 0 Å². The topological polar surface area (TPSA) is 3.24 Å². The Labute approximate surface area is 50.0 Å². The number of fused-ring (bicyclic) bond motifs is 1. The van der Waals surface area contributed by atoms with Crippen LogP contribution in [0.1, 0.15) is 12.8 Å². The van der Waals surface area contributed by atoms with Gasteiger partial charge in [0.05, 0.1) is 0 Å². The van der Waals surface area contributed by atoms with Gasteiger partial charge in [-0.1, -0.05) is 6.08 Å². The van der Waals surface area contributed by atoms with E-state index in [0.717, 1.165) is 5.92 Å². The second-order valence-electron chi connectivity index (χ2n) is 2.84. The van der Waals surface area contributed by atoms with Gasteiger partial charge in [0.15, 0.2) is 0 Å². The molecule has 1 nitrogen and oxygen atoms in total. The molecule has 1 heteroatoms. The fourth-order valence-corrected chi connectivity index (χ4v) is 1.70. The van der Waals surface area contributed by atoms with Gasteiger partial charge in [-0.15, -0.1) is 0 Å². The summed E-state index contributed by atoms with van der Waals surface area (Å²) < 4.78 is 0. The Kier molecular flexibility index (Phi) is 0.706. The van der Waals surface area contributed by atoms with Crippen LogP contribution in [0.3, 0.4) is 0 Å². The van der Waals surface area contributed by atoms with Gasteiger partial charge in [0.1, 0.15) is 0 Å². The maximum absolute atomic E-state index is 2.42. The highest BCUT2D eigenvalue weighted by Gasteiger charge is 2.26. The predicted molar refractivity (Wildman–Crippen MR) is 33.4 cm³/mol. The fourth-order valence-electron chi connectivity index (χ4n) is 1.70. The van der Waals surface area contributed by atoms with E-state index < -0.39 is 0 Å². The van der Waals surface area contributed by atoms with Crippen LogP contribution in [0.2, 0.25) is 0 Å². The number of piperidine rings is 1. The maximum Gasteiger partial charge on any atom is 0.0235 e. The van der Waals surface area contributed by atoms with E-state index >= 15 is 0 Å². The second kappa shape index (κ2) is 1.28. The zero-order chi connectivity index (χ0) is 5.56. The van der Waals surface area contributed by atoms with Crippen LogP contribution in [-0.2, 0) is 0 Å². The average Bonchev–Trinajstić information content (AvgIpc) is 2.23. The minimum atomic E-state index is 0.912. The van der Waals surface area contributed by atoms with E-state index in [1.165, 1.54) is 19.4 Å². The van der Waals surface area contributed by atoms with Crippen molar-refractivity contribution in [2.24, 2.45) is 5.92 Å². The lowest BCUT2D eigenvalue weighted by Gasteiger charge is -2.21. The van der Waals surface area contributed by atoms with E-state index in [0.29, 0.717) is 0 Å². The number of likely N-dealkylation sites (tertiary alicyclic amines) is 1. The van der Waals surface area contributed by atoms with Crippen LogP contribution in [0, 0.1) is 5.92 Å². The molecule has 0 saturated heterocycles. The molecule has 1 heterocycles. The van der Waals surface area contributed by atoms with E-state index in [4.69, 9.17) is 0 Å². The molecule has 0 aromatic rings. The molecule has 0 amide bonds. The minimum Gasteiger partial charge on any atom is -0.378 e. The van der Waals surface area contributed by atoms with E-state index in [9.17, 15) is 0 Å². The van der Waals surface area contributed by atoms with Crippen molar-refractivity contribution in [2.75, 3.05) is 13.6 Å². The summed E-state index contributed by atoms with van der Waals surface area (Å²) >= 11 is 0. The minimum absolute atomic E-state index is 0.912. The van der Waals surface area contributed by atoms with E-state index in [2.05, 4.69) is 18.0 Å². The molecule has 0 aromatic carbocycles. The molecule has 1 aliphatic heterocycles. The van der Waals surface area contributed by atoms with Crippen LogP contribution < -0.4 is 0 Å². The Morgan fingerprint density at radius 1 is 1.75 bits per heavy atom. The van der Waals surface area contributed by atoms with Crippen molar-refractivity contribution in [1.82, 2.24) is 4.90 Å². The van der Waals surface area contributed by atoms with Crippen LogP contribution in [0.15, 0.2) is 11.8 Å². The summed E-state index contributed by atoms with van der Waals surface area (Å²) in [6, 6.07) is 0. The first kappa shape index (κ1) is 4.42. The molecule has 1 unspecified atom stereocenters. The first-order chi connectivity index (χ1) is 3.86. The Balaban J connectivity index is 2.23. The van der Waals surface area contributed by atoms with Gasteiger partial charge in [-0.3, -0.25) is 0 Å². The Bertz CT molecular complexity index is 137. The standard InChI is InChI=1S/C7H11N/c1-8-5-6-2-3-7(8)4-6/h4,6H,2-3,5H2,1H3. The van der Waals surface area contributed by atoms with Crippen molar-refractivity contribution < 1.29 is 0 Å². The van der Waals surface area contributed by atoms with E-state index in [1.54, 1.807) is 5.70 Å². The first-order valence-corrected chi connectivity index (χ1v) is 3.28. The lowest BCUT2D eigenvalue weighted by Crippen LogP contribution is -2.20. The van der Waals surface area contributed by atoms with Crippen LogP contribution in [-0.4, -0.2) is 18.5 Å². The fraction of sp³-hybridized carbons (Fsp3) is 0.714. The van der Waals surface area contributed by atoms with E-state index in [1.807, 2.05) is 0 Å². The van der Waals surface area contributed by atoms with Crippen LogP contribution in [0.25, 0.3) is 0 Å². The Morgan fingerprint density at radius 3 is 2.88 bits per heavy atom. The molecule has 0 aromatic heterocycles. The third-order valence-corrected chi connectivity index (χ3v) is 2.20. The molecule has 2 bridgehead atoms. The normalized spacial score (nSPS) is 33.9. The molecule has 0 N–H and O–H groups in total. The molecular weight excluding hydrogens is 98.1 g/mol. The summed E-state index contributed by atoms with van der Waals surface area (Å²) in [6.45, 7) is 1.29. The molecule has 1 atom stereocenters. The summed E-state index contributed by atoms with van der Waals surface area (Å²) in [5.74, 6) is 0.912. The summed E-state index contributed by atoms with van der Waals surface area (Å²) in [4.78, 5) is 2.37. The van der Waals surface area contributed by atoms with Crippen molar-refractivity contribution in [2.45, 2.75) is 12.8 Å². The summed E-state index contributed by atoms with van der Waals surface area (Å²) in [6.07, 6.45) is 5.17. The van der Waals surface area contributed by atoms with Crippen molar-refractivity contribution in [3.8, 4) is 0 Å². The second-order valence-corrected chi connectivity index (χ2v) is 2.84. The smallest absolute Gasteiger partial charge is 0.0235 e. The molecule has 8 heavy (non-hydrogen) atoms. The number of rotatable bonds is 0. The van der Waals surface area contributed by atoms with Gasteiger partial charge in [0, 0.05) is 19.3 Å². The summed E-state index contributed by atoms with van der Waals surface area (Å²) in [5.41, 5.74) is 1.58. The molecule has 0 saturated carbocycles. The van der Waals surface area contributed by atoms with Crippen LogP contribution in [0.4, 0.5) is 0 Å². The highest BCUT2D eigenvalue weighted by molar-refractivity contribution is 5.16. The summed E-state index contributed by atoms with van der Waals surface area (Å²) in [7, 11) is 2.19. The molecule has 0 radical (unpaired) electrons. The highest BCUT2D eigenvalue weighted by Crippen LogP contribution is 2.33. The van der Waals surface area contributed by atoms with E-state index in [-0.39, 0.29) is 0 Å². The van der Waals surface area contributed by atoms with Crippen LogP contribution in [0.5, 0.6) is 0 Å². The Morgan fingerprint density at radius 2 is 2.62 bits per heavy atom. The SMILES string of the molecule is CN1CC2C=C1CC2. The zero-order valence-electron chi connectivity index (χ0n) is 5.22. The van der Waals surface area contributed by atoms with Gasteiger partial charge >= 0.3 is 0 Å².